The van der Waals surface area contributed by atoms with Gasteiger partial charge in [0.1, 0.15) is 0 Å². The molecule has 0 atom stereocenters. The lowest BCUT2D eigenvalue weighted by atomic mass is 10.2. The zero-order valence-electron chi connectivity index (χ0n) is 18.2. The minimum absolute atomic E-state index is 0.390. The van der Waals surface area contributed by atoms with Gasteiger partial charge in [0.2, 0.25) is 0 Å². The molecule has 0 aromatic carbocycles. The summed E-state index contributed by atoms with van der Waals surface area (Å²) in [5.74, 6) is 0.627. The lowest BCUT2D eigenvalue weighted by Crippen LogP contribution is -2.39. The highest BCUT2D eigenvalue weighted by Gasteiger charge is 2.12. The van der Waals surface area contributed by atoms with Crippen molar-refractivity contribution in [3.63, 3.8) is 0 Å². The molecule has 1 heterocycles. The third-order valence-corrected chi connectivity index (χ3v) is 2.83. The first-order valence-corrected chi connectivity index (χ1v) is 10.1. The maximum absolute atomic E-state index is 5.41. The highest BCUT2D eigenvalue weighted by molar-refractivity contribution is 4.67. The topological polar surface area (TPSA) is 30.9 Å². The van der Waals surface area contributed by atoms with Crippen molar-refractivity contribution in [1.82, 2.24) is 4.90 Å². The van der Waals surface area contributed by atoms with Crippen LogP contribution in [0.25, 0.3) is 0 Å². The molecule has 0 aliphatic carbocycles. The fraction of sp³-hybridized carbons (Fsp3) is 1.00. The number of hydrogen-bond acceptors (Lipinski definition) is 4. The van der Waals surface area contributed by atoms with Gasteiger partial charge in [0.05, 0.1) is 25.9 Å². The average molecular weight is 350 g/mol. The highest BCUT2D eigenvalue weighted by Crippen LogP contribution is 2.04. The number of rotatable bonds is 10. The van der Waals surface area contributed by atoms with Crippen LogP contribution < -0.4 is 0 Å². The number of ether oxygens (including phenoxy) is 3. The minimum Gasteiger partial charge on any atom is -0.379 e. The van der Waals surface area contributed by atoms with Crippen molar-refractivity contribution in [3.05, 3.63) is 0 Å². The predicted octanol–water partition coefficient (Wildman–Crippen LogP) is 4.87. The summed E-state index contributed by atoms with van der Waals surface area (Å²) in [6.07, 6.45) is 1.77. The molecule has 0 amide bonds. The summed E-state index contributed by atoms with van der Waals surface area (Å²) in [5.41, 5.74) is 0. The molecular formula is C20H47NO3. The highest BCUT2D eigenvalue weighted by atomic mass is 16.5. The summed E-state index contributed by atoms with van der Waals surface area (Å²) in [7, 11) is 0. The summed E-state index contributed by atoms with van der Waals surface area (Å²) >= 11 is 0. The summed E-state index contributed by atoms with van der Waals surface area (Å²) in [4.78, 5) is 2.42. The predicted molar refractivity (Wildman–Crippen MR) is 107 cm³/mol. The van der Waals surface area contributed by atoms with E-state index in [4.69, 9.17) is 14.2 Å². The summed E-state index contributed by atoms with van der Waals surface area (Å²) < 4.78 is 15.8. The van der Waals surface area contributed by atoms with E-state index in [0.29, 0.717) is 12.0 Å². The first-order valence-electron chi connectivity index (χ1n) is 10.1. The molecule has 4 heteroatoms. The Morgan fingerprint density at radius 3 is 1.75 bits per heavy atom. The van der Waals surface area contributed by atoms with Crippen LogP contribution in [-0.2, 0) is 14.2 Å². The Hall–Kier alpha value is -0.160. The van der Waals surface area contributed by atoms with Crippen LogP contribution in [0.3, 0.4) is 0 Å². The SMILES string of the molecule is CC.CC.CC(C)OCCN1CCC1.CCOCCOCC(C)C. The second-order valence-corrected chi connectivity index (χ2v) is 5.78. The van der Waals surface area contributed by atoms with Gasteiger partial charge in [0.15, 0.2) is 0 Å². The summed E-state index contributed by atoms with van der Waals surface area (Å²) in [6, 6.07) is 0. The lowest BCUT2D eigenvalue weighted by Gasteiger charge is -2.30. The van der Waals surface area contributed by atoms with Crippen LogP contribution in [0, 0.1) is 5.92 Å². The molecule has 0 aromatic heterocycles. The van der Waals surface area contributed by atoms with E-state index >= 15 is 0 Å². The molecule has 0 unspecified atom stereocenters. The minimum atomic E-state index is 0.390. The quantitative estimate of drug-likeness (QED) is 0.527. The standard InChI is InChI=1S/C8H17NO.C8H18O2.2C2H6/c1-8(2)10-7-6-9-4-3-5-9;1-4-9-5-6-10-7-8(2)3;2*1-2/h8H,3-7H2,1-2H3;8H,4-7H2,1-3H3;2*1-2H3. The first-order chi connectivity index (χ1) is 11.6. The molecule has 0 bridgehead atoms. The van der Waals surface area contributed by atoms with E-state index in [2.05, 4.69) is 32.6 Å². The van der Waals surface area contributed by atoms with Crippen LogP contribution in [0.1, 0.15) is 68.7 Å². The molecule has 1 fully saturated rings. The molecule has 0 saturated carbocycles. The van der Waals surface area contributed by atoms with Crippen LogP contribution in [0.4, 0.5) is 0 Å². The van der Waals surface area contributed by atoms with E-state index in [1.54, 1.807) is 0 Å². The molecule has 0 N–H and O–H groups in total. The van der Waals surface area contributed by atoms with Crippen molar-refractivity contribution in [2.75, 3.05) is 52.7 Å². The zero-order valence-corrected chi connectivity index (χ0v) is 18.2. The molecule has 4 nitrogen and oxygen atoms in total. The molecule has 1 saturated heterocycles. The van der Waals surface area contributed by atoms with Gasteiger partial charge in [-0.15, -0.1) is 0 Å². The molecule has 0 aromatic rings. The van der Waals surface area contributed by atoms with Gasteiger partial charge >= 0.3 is 0 Å². The van der Waals surface area contributed by atoms with Crippen molar-refractivity contribution >= 4 is 0 Å². The zero-order chi connectivity index (χ0) is 19.2. The normalized spacial score (nSPS) is 13.1. The van der Waals surface area contributed by atoms with E-state index < -0.39 is 0 Å². The Kier molecular flexibility index (Phi) is 29.9. The van der Waals surface area contributed by atoms with Crippen molar-refractivity contribution in [2.45, 2.75) is 74.8 Å². The Bertz CT molecular complexity index is 195. The Morgan fingerprint density at radius 2 is 1.38 bits per heavy atom. The third kappa shape index (κ3) is 26.7. The van der Waals surface area contributed by atoms with Crippen LogP contribution in [0.5, 0.6) is 0 Å². The van der Waals surface area contributed by atoms with E-state index in [-0.39, 0.29) is 0 Å². The average Bonchev–Trinajstić information content (AvgIpc) is 2.54. The summed E-state index contributed by atoms with van der Waals surface area (Å²) in [6.45, 7) is 26.1. The maximum Gasteiger partial charge on any atom is 0.0700 e. The van der Waals surface area contributed by atoms with Gasteiger partial charge in [0, 0.05) is 19.8 Å². The lowest BCUT2D eigenvalue weighted by molar-refractivity contribution is 0.0422. The van der Waals surface area contributed by atoms with Crippen LogP contribution in [0.15, 0.2) is 0 Å². The van der Waals surface area contributed by atoms with Gasteiger partial charge in [0.25, 0.3) is 0 Å². The van der Waals surface area contributed by atoms with Crippen molar-refractivity contribution < 1.29 is 14.2 Å². The van der Waals surface area contributed by atoms with E-state index in [1.807, 2.05) is 34.6 Å². The molecular weight excluding hydrogens is 302 g/mol. The first kappa shape index (κ1) is 28.6. The molecule has 150 valence electrons. The number of nitrogens with zero attached hydrogens (tertiary/aromatic N) is 1. The van der Waals surface area contributed by atoms with Gasteiger partial charge in [-0.2, -0.15) is 0 Å². The monoisotopic (exact) mass is 349 g/mol. The van der Waals surface area contributed by atoms with Gasteiger partial charge in [-0.3, -0.25) is 0 Å². The van der Waals surface area contributed by atoms with E-state index in [9.17, 15) is 0 Å². The Labute approximate surface area is 153 Å². The number of likely N-dealkylation sites (tertiary alicyclic amines) is 1. The van der Waals surface area contributed by atoms with Crippen LogP contribution in [0.2, 0.25) is 0 Å². The molecule has 24 heavy (non-hydrogen) atoms. The van der Waals surface area contributed by atoms with Crippen molar-refractivity contribution in [1.29, 1.82) is 0 Å². The van der Waals surface area contributed by atoms with Gasteiger partial charge in [-0.05, 0) is 46.2 Å². The second kappa shape index (κ2) is 25.1. The van der Waals surface area contributed by atoms with Gasteiger partial charge < -0.3 is 19.1 Å². The van der Waals surface area contributed by atoms with Crippen LogP contribution >= 0.6 is 0 Å². The fourth-order valence-electron chi connectivity index (χ4n) is 1.60. The summed E-state index contributed by atoms with van der Waals surface area (Å²) in [5, 5.41) is 0. The van der Waals surface area contributed by atoms with Crippen molar-refractivity contribution in [2.24, 2.45) is 5.92 Å². The van der Waals surface area contributed by atoms with Gasteiger partial charge in [-0.1, -0.05) is 41.5 Å². The van der Waals surface area contributed by atoms with Crippen LogP contribution in [-0.4, -0.2) is 63.7 Å². The molecule has 1 aliphatic heterocycles. The Balaban J connectivity index is -0.000000304. The maximum atomic E-state index is 5.41. The Morgan fingerprint density at radius 1 is 0.833 bits per heavy atom. The molecule has 1 rings (SSSR count). The molecule has 0 spiro atoms. The molecule has 0 radical (unpaired) electrons. The van der Waals surface area contributed by atoms with Gasteiger partial charge in [-0.25, -0.2) is 0 Å². The van der Waals surface area contributed by atoms with E-state index in [1.165, 1.54) is 19.5 Å². The van der Waals surface area contributed by atoms with Crippen molar-refractivity contribution in [3.8, 4) is 0 Å². The number of hydrogen-bond donors (Lipinski definition) is 0. The molecule has 1 aliphatic rings. The fourth-order valence-corrected chi connectivity index (χ4v) is 1.60. The van der Waals surface area contributed by atoms with E-state index in [0.717, 1.165) is 39.6 Å². The largest absolute Gasteiger partial charge is 0.379 e. The second-order valence-electron chi connectivity index (χ2n) is 5.78. The third-order valence-electron chi connectivity index (χ3n) is 2.83. The smallest absolute Gasteiger partial charge is 0.0700 e.